The third-order valence-electron chi connectivity index (χ3n) is 2.75. The molecule has 0 amide bonds. The topological polar surface area (TPSA) is 17.1 Å². The third kappa shape index (κ3) is 3.76. The van der Waals surface area contributed by atoms with Gasteiger partial charge in [-0.25, -0.2) is 4.39 Å². The van der Waals surface area contributed by atoms with Crippen molar-refractivity contribution in [3.05, 3.63) is 35.1 Å². The van der Waals surface area contributed by atoms with E-state index in [1.165, 1.54) is 6.07 Å². The predicted molar refractivity (Wildman–Crippen MR) is 63.9 cm³/mol. The summed E-state index contributed by atoms with van der Waals surface area (Å²) >= 11 is 0. The lowest BCUT2D eigenvalue weighted by molar-refractivity contribution is -0.121. The van der Waals surface area contributed by atoms with Crippen LogP contribution in [-0.2, 0) is 11.2 Å². The summed E-state index contributed by atoms with van der Waals surface area (Å²) in [6, 6.07) is 5.15. The van der Waals surface area contributed by atoms with Gasteiger partial charge in [0.2, 0.25) is 0 Å². The smallest absolute Gasteiger partial charge is 0.135 e. The molecule has 16 heavy (non-hydrogen) atoms. The van der Waals surface area contributed by atoms with Crippen molar-refractivity contribution in [1.29, 1.82) is 0 Å². The minimum absolute atomic E-state index is 0.120. The molecule has 0 atom stereocenters. The second kappa shape index (κ2) is 5.78. The lowest BCUT2D eigenvalue weighted by Crippen LogP contribution is -2.06. The van der Waals surface area contributed by atoms with E-state index in [1.54, 1.807) is 13.0 Å². The Balaban J connectivity index is 2.43. The van der Waals surface area contributed by atoms with Crippen LogP contribution in [0.2, 0.25) is 0 Å². The first-order valence-electron chi connectivity index (χ1n) is 5.78. The largest absolute Gasteiger partial charge is 0.299 e. The van der Waals surface area contributed by atoms with Gasteiger partial charge in [0.25, 0.3) is 0 Å². The quantitative estimate of drug-likeness (QED) is 0.742. The zero-order valence-electron chi connectivity index (χ0n) is 10.2. The summed E-state index contributed by atoms with van der Waals surface area (Å²) in [4.78, 5) is 11.4. The molecule has 0 saturated carbocycles. The molecule has 2 heteroatoms. The van der Waals surface area contributed by atoms with E-state index in [0.717, 1.165) is 18.4 Å². The number of rotatable bonds is 5. The summed E-state index contributed by atoms with van der Waals surface area (Å²) in [6.45, 7) is 5.60. The second-order valence-corrected chi connectivity index (χ2v) is 4.56. The number of carbonyl (C=O) groups is 1. The summed E-state index contributed by atoms with van der Waals surface area (Å²) in [5.41, 5.74) is 1.78. The van der Waals surface area contributed by atoms with Crippen molar-refractivity contribution in [3.8, 4) is 0 Å². The minimum Gasteiger partial charge on any atom is -0.299 e. The van der Waals surface area contributed by atoms with Crippen molar-refractivity contribution in [2.75, 3.05) is 0 Å². The third-order valence-corrected chi connectivity index (χ3v) is 2.75. The maximum atomic E-state index is 13.0. The first kappa shape index (κ1) is 12.9. The van der Waals surface area contributed by atoms with E-state index >= 15 is 0 Å². The Labute approximate surface area is 96.7 Å². The Kier molecular flexibility index (Phi) is 4.66. The molecule has 88 valence electrons. The first-order valence-corrected chi connectivity index (χ1v) is 5.78. The van der Waals surface area contributed by atoms with Crippen molar-refractivity contribution < 1.29 is 9.18 Å². The summed E-state index contributed by atoms with van der Waals surface area (Å²) < 4.78 is 13.0. The number of aryl methyl sites for hydroxylation is 2. The number of ketones is 1. The van der Waals surface area contributed by atoms with Crippen molar-refractivity contribution in [3.63, 3.8) is 0 Å². The zero-order valence-corrected chi connectivity index (χ0v) is 10.2. The van der Waals surface area contributed by atoms with Crippen LogP contribution in [0.4, 0.5) is 4.39 Å². The molecular formula is C14H19FO. The zero-order chi connectivity index (χ0) is 12.1. The van der Waals surface area contributed by atoms with Crippen molar-refractivity contribution >= 4 is 5.78 Å². The van der Waals surface area contributed by atoms with Gasteiger partial charge in [-0.15, -0.1) is 0 Å². The highest BCUT2D eigenvalue weighted by Gasteiger charge is 2.06. The van der Waals surface area contributed by atoms with Gasteiger partial charge < -0.3 is 0 Å². The van der Waals surface area contributed by atoms with Crippen LogP contribution in [0.1, 0.15) is 37.8 Å². The molecule has 0 aliphatic heterocycles. The Hall–Kier alpha value is -1.18. The fraction of sp³-hybridized carbons (Fsp3) is 0.500. The Morgan fingerprint density at radius 2 is 2.06 bits per heavy atom. The molecule has 1 nitrogen and oxygen atoms in total. The van der Waals surface area contributed by atoms with Crippen LogP contribution in [0, 0.1) is 18.7 Å². The minimum atomic E-state index is -0.165. The van der Waals surface area contributed by atoms with Gasteiger partial charge in [0.1, 0.15) is 11.6 Å². The van der Waals surface area contributed by atoms with E-state index in [4.69, 9.17) is 0 Å². The molecule has 1 aromatic carbocycles. The maximum absolute atomic E-state index is 13.0. The van der Waals surface area contributed by atoms with Crippen molar-refractivity contribution in [2.24, 2.45) is 5.92 Å². The number of benzene rings is 1. The Morgan fingerprint density at radius 1 is 1.38 bits per heavy atom. The molecule has 1 rings (SSSR count). The van der Waals surface area contributed by atoms with Crippen LogP contribution in [0.3, 0.4) is 0 Å². The molecule has 0 aliphatic carbocycles. The van der Waals surface area contributed by atoms with Gasteiger partial charge in [0.15, 0.2) is 0 Å². The van der Waals surface area contributed by atoms with Gasteiger partial charge in [0.05, 0.1) is 0 Å². The van der Waals surface area contributed by atoms with E-state index in [9.17, 15) is 9.18 Å². The van der Waals surface area contributed by atoms with Crippen molar-refractivity contribution in [2.45, 2.75) is 40.0 Å². The Morgan fingerprint density at radius 3 is 2.62 bits per heavy atom. The molecule has 1 aromatic rings. The van der Waals surface area contributed by atoms with E-state index < -0.39 is 0 Å². The van der Waals surface area contributed by atoms with Gasteiger partial charge in [0, 0.05) is 12.3 Å². The summed E-state index contributed by atoms with van der Waals surface area (Å²) in [7, 11) is 0. The average molecular weight is 222 g/mol. The summed E-state index contributed by atoms with van der Waals surface area (Å²) in [6.07, 6.45) is 2.32. The van der Waals surface area contributed by atoms with E-state index in [2.05, 4.69) is 0 Å². The van der Waals surface area contributed by atoms with E-state index in [-0.39, 0.29) is 11.7 Å². The van der Waals surface area contributed by atoms with Crippen molar-refractivity contribution in [1.82, 2.24) is 0 Å². The Bertz CT molecular complexity index is 369. The molecule has 0 radical (unpaired) electrons. The lowest BCUT2D eigenvalue weighted by atomic mass is 10.0. The number of halogens is 1. The van der Waals surface area contributed by atoms with Gasteiger partial charge in [-0.05, 0) is 37.0 Å². The highest BCUT2D eigenvalue weighted by atomic mass is 19.1. The molecule has 0 bridgehead atoms. The van der Waals surface area contributed by atoms with Gasteiger partial charge in [-0.3, -0.25) is 4.79 Å². The molecule has 0 N–H and O–H groups in total. The van der Waals surface area contributed by atoms with Crippen LogP contribution in [0.5, 0.6) is 0 Å². The number of hydrogen-bond acceptors (Lipinski definition) is 1. The van der Waals surface area contributed by atoms with E-state index in [0.29, 0.717) is 17.8 Å². The SMILES string of the molecule is Cc1cc(CCCC(=O)C(C)C)ccc1F. The van der Waals surface area contributed by atoms with Gasteiger partial charge in [-0.1, -0.05) is 26.0 Å². The average Bonchev–Trinajstić information content (AvgIpc) is 2.23. The summed E-state index contributed by atoms with van der Waals surface area (Å²) in [5.74, 6) is 0.260. The molecule has 0 unspecified atom stereocenters. The molecule has 0 aliphatic rings. The van der Waals surface area contributed by atoms with Crippen LogP contribution in [0.25, 0.3) is 0 Å². The molecule has 0 saturated heterocycles. The molecule has 0 heterocycles. The molecule has 0 aromatic heterocycles. The van der Waals surface area contributed by atoms with Gasteiger partial charge in [-0.2, -0.15) is 0 Å². The van der Waals surface area contributed by atoms with E-state index in [1.807, 2.05) is 19.9 Å². The normalized spacial score (nSPS) is 10.8. The van der Waals surface area contributed by atoms with Crippen LogP contribution >= 0.6 is 0 Å². The predicted octanol–water partition coefficient (Wildman–Crippen LogP) is 3.68. The van der Waals surface area contributed by atoms with Crippen LogP contribution in [-0.4, -0.2) is 5.78 Å². The van der Waals surface area contributed by atoms with Crippen LogP contribution < -0.4 is 0 Å². The number of Topliss-reactive ketones (excluding diaryl/α,β-unsaturated/α-hetero) is 1. The molecular weight excluding hydrogens is 203 g/mol. The van der Waals surface area contributed by atoms with Crippen LogP contribution in [0.15, 0.2) is 18.2 Å². The fourth-order valence-corrected chi connectivity index (χ4v) is 1.62. The molecule has 0 spiro atoms. The number of hydrogen-bond donors (Lipinski definition) is 0. The highest BCUT2D eigenvalue weighted by molar-refractivity contribution is 5.80. The standard InChI is InChI=1S/C14H19FO/c1-10(2)14(16)6-4-5-12-7-8-13(15)11(3)9-12/h7-10H,4-6H2,1-3H3. The molecule has 0 fully saturated rings. The lowest BCUT2D eigenvalue weighted by Gasteiger charge is -2.05. The highest BCUT2D eigenvalue weighted by Crippen LogP contribution is 2.12. The fourth-order valence-electron chi connectivity index (χ4n) is 1.62. The summed E-state index contributed by atoms with van der Waals surface area (Å²) in [5, 5.41) is 0. The number of carbonyl (C=O) groups excluding carboxylic acids is 1. The van der Waals surface area contributed by atoms with Gasteiger partial charge >= 0.3 is 0 Å². The second-order valence-electron chi connectivity index (χ2n) is 4.56. The first-order chi connectivity index (χ1) is 7.50. The monoisotopic (exact) mass is 222 g/mol. The maximum Gasteiger partial charge on any atom is 0.135 e.